The Hall–Kier alpha value is -6.04. The maximum Gasteiger partial charge on any atom is 0.166 e. The lowest BCUT2D eigenvalue weighted by Gasteiger charge is -2.19. The first kappa shape index (κ1) is 42.4. The molecule has 0 fully saturated rings. The molecule has 0 bridgehead atoms. The van der Waals surface area contributed by atoms with Crippen molar-refractivity contribution in [3.05, 3.63) is 95.1 Å². The number of aromatic hydroxyl groups is 4. The van der Waals surface area contributed by atoms with Crippen LogP contribution in [0.4, 0.5) is 0 Å². The summed E-state index contributed by atoms with van der Waals surface area (Å²) in [6.45, 7) is 10.3. The average Bonchev–Trinajstić information content (AvgIpc) is 3.14. The molecule has 0 saturated carbocycles. The molecule has 0 atom stereocenters. The van der Waals surface area contributed by atoms with E-state index in [-0.39, 0.29) is 33.8 Å². The minimum Gasteiger partial charge on any atom is -0.504 e. The summed E-state index contributed by atoms with van der Waals surface area (Å²) in [6, 6.07) is 21.1. The summed E-state index contributed by atoms with van der Waals surface area (Å²) in [5, 5.41) is 40.3. The molecule has 288 valence electrons. The normalized spacial score (nSPS) is 12.0. The van der Waals surface area contributed by atoms with Crippen molar-refractivity contribution < 1.29 is 39.4 Å². The Morgan fingerprint density at radius 2 is 0.611 bits per heavy atom. The number of para-hydroxylation sites is 4. The standard InChI is InChI=1S/2C21H26N2O4/c2*1-21(2,13-22-11-15-7-5-9-17(26-3)19(15)24)14-23-12-16-8-6-10-18(27-4)20(16)25/h2*5-12,24-25H,13-14H2,1-4H3. The first-order valence-electron chi connectivity index (χ1n) is 17.2. The van der Waals surface area contributed by atoms with E-state index in [9.17, 15) is 20.4 Å². The highest BCUT2D eigenvalue weighted by Crippen LogP contribution is 2.31. The lowest BCUT2D eigenvalue weighted by atomic mass is 9.94. The van der Waals surface area contributed by atoms with Crippen LogP contribution < -0.4 is 18.9 Å². The summed E-state index contributed by atoms with van der Waals surface area (Å²) >= 11 is 0. The van der Waals surface area contributed by atoms with Crippen molar-refractivity contribution in [1.29, 1.82) is 0 Å². The van der Waals surface area contributed by atoms with Crippen molar-refractivity contribution >= 4 is 24.9 Å². The van der Waals surface area contributed by atoms with Gasteiger partial charge >= 0.3 is 0 Å². The van der Waals surface area contributed by atoms with E-state index in [0.29, 0.717) is 71.4 Å². The van der Waals surface area contributed by atoms with Crippen LogP contribution in [-0.2, 0) is 0 Å². The first-order valence-corrected chi connectivity index (χ1v) is 17.2. The smallest absolute Gasteiger partial charge is 0.166 e. The van der Waals surface area contributed by atoms with E-state index < -0.39 is 0 Å². The van der Waals surface area contributed by atoms with Crippen LogP contribution in [0.1, 0.15) is 49.9 Å². The fourth-order valence-electron chi connectivity index (χ4n) is 4.90. The quantitative estimate of drug-likeness (QED) is 0.0865. The van der Waals surface area contributed by atoms with E-state index >= 15 is 0 Å². The Balaban J connectivity index is 0.000000290. The molecule has 0 amide bonds. The van der Waals surface area contributed by atoms with Crippen LogP contribution in [0.3, 0.4) is 0 Å². The van der Waals surface area contributed by atoms with Crippen molar-refractivity contribution in [2.24, 2.45) is 30.8 Å². The molecule has 0 radical (unpaired) electrons. The van der Waals surface area contributed by atoms with Crippen LogP contribution in [0, 0.1) is 10.8 Å². The van der Waals surface area contributed by atoms with Gasteiger partial charge in [-0.25, -0.2) is 0 Å². The third kappa shape index (κ3) is 12.6. The molecule has 4 aromatic carbocycles. The largest absolute Gasteiger partial charge is 0.504 e. The number of hydrogen-bond donors (Lipinski definition) is 4. The maximum atomic E-state index is 10.1. The molecule has 0 aliphatic heterocycles. The minimum atomic E-state index is -0.185. The predicted molar refractivity (Wildman–Crippen MR) is 216 cm³/mol. The number of aliphatic imine (C=N–C) groups is 4. The van der Waals surface area contributed by atoms with Crippen LogP contribution >= 0.6 is 0 Å². The summed E-state index contributed by atoms with van der Waals surface area (Å²) in [5.74, 6) is 1.98. The van der Waals surface area contributed by atoms with Gasteiger partial charge in [0.25, 0.3) is 0 Å². The molecular formula is C42H52N4O8. The van der Waals surface area contributed by atoms with Crippen LogP contribution in [0.5, 0.6) is 46.0 Å². The molecular weight excluding hydrogens is 688 g/mol. The molecule has 0 heterocycles. The van der Waals surface area contributed by atoms with Gasteiger partial charge in [-0.15, -0.1) is 0 Å². The SMILES string of the molecule is COc1cccc(C=NCC(C)(C)CN=Cc2cccc(OC)c2O)c1O.COc1cccc(C=NCC(C)(C)CN=Cc2cccc(OC)c2O)c1O. The second kappa shape index (κ2) is 20.3. The summed E-state index contributed by atoms with van der Waals surface area (Å²) in [5.41, 5.74) is 2.06. The van der Waals surface area contributed by atoms with Gasteiger partial charge in [-0.2, -0.15) is 0 Å². The topological polar surface area (TPSA) is 167 Å². The van der Waals surface area contributed by atoms with Gasteiger partial charge in [-0.05, 0) is 48.5 Å². The van der Waals surface area contributed by atoms with Crippen molar-refractivity contribution in [3.8, 4) is 46.0 Å². The average molecular weight is 741 g/mol. The monoisotopic (exact) mass is 740 g/mol. The third-order valence-electron chi connectivity index (χ3n) is 8.00. The molecule has 54 heavy (non-hydrogen) atoms. The van der Waals surface area contributed by atoms with Gasteiger partial charge in [0.15, 0.2) is 46.0 Å². The fraction of sp³-hybridized carbons (Fsp3) is 0.333. The second-order valence-corrected chi connectivity index (χ2v) is 13.8. The highest BCUT2D eigenvalue weighted by molar-refractivity contribution is 5.86. The maximum absolute atomic E-state index is 10.1. The number of ether oxygens (including phenoxy) is 4. The van der Waals surface area contributed by atoms with E-state index in [1.165, 1.54) is 28.4 Å². The summed E-state index contributed by atoms with van der Waals surface area (Å²) in [7, 11) is 6.04. The highest BCUT2D eigenvalue weighted by atomic mass is 16.5. The first-order chi connectivity index (χ1) is 25.8. The molecule has 0 aromatic heterocycles. The Morgan fingerprint density at radius 3 is 0.796 bits per heavy atom. The van der Waals surface area contributed by atoms with E-state index in [2.05, 4.69) is 47.7 Å². The van der Waals surface area contributed by atoms with Crippen LogP contribution in [-0.4, -0.2) is 99.9 Å². The Labute approximate surface area is 317 Å². The number of phenolic OH excluding ortho intramolecular Hbond substituents is 4. The molecule has 0 aliphatic rings. The van der Waals surface area contributed by atoms with Crippen LogP contribution in [0.15, 0.2) is 92.8 Å². The van der Waals surface area contributed by atoms with E-state index in [1.54, 1.807) is 97.7 Å². The van der Waals surface area contributed by atoms with Crippen LogP contribution in [0.25, 0.3) is 0 Å². The molecule has 0 saturated heterocycles. The second-order valence-electron chi connectivity index (χ2n) is 13.8. The number of rotatable bonds is 16. The lowest BCUT2D eigenvalue weighted by Crippen LogP contribution is -2.19. The molecule has 4 aromatic rings. The number of methoxy groups -OCH3 is 4. The lowest BCUT2D eigenvalue weighted by molar-refractivity contribution is 0.373. The molecule has 0 aliphatic carbocycles. The van der Waals surface area contributed by atoms with Gasteiger partial charge in [0.1, 0.15) is 0 Å². The zero-order valence-electron chi connectivity index (χ0n) is 32.3. The number of nitrogens with zero attached hydrogens (tertiary/aromatic N) is 4. The predicted octanol–water partition coefficient (Wildman–Crippen LogP) is 7.36. The minimum absolute atomic E-state index is 0.0769. The van der Waals surface area contributed by atoms with Gasteiger partial charge in [-0.3, -0.25) is 20.0 Å². The molecule has 12 heteroatoms. The van der Waals surface area contributed by atoms with Crippen molar-refractivity contribution in [1.82, 2.24) is 0 Å². The molecule has 0 unspecified atom stereocenters. The van der Waals surface area contributed by atoms with Crippen molar-refractivity contribution in [2.45, 2.75) is 27.7 Å². The summed E-state index contributed by atoms with van der Waals surface area (Å²) < 4.78 is 20.4. The van der Waals surface area contributed by atoms with Crippen molar-refractivity contribution in [2.75, 3.05) is 54.6 Å². The van der Waals surface area contributed by atoms with Crippen molar-refractivity contribution in [3.63, 3.8) is 0 Å². The summed E-state index contributed by atoms with van der Waals surface area (Å²) in [6.07, 6.45) is 6.54. The third-order valence-corrected chi connectivity index (χ3v) is 8.00. The van der Waals surface area contributed by atoms with E-state index in [4.69, 9.17) is 18.9 Å². The fourth-order valence-corrected chi connectivity index (χ4v) is 4.90. The number of hydrogen-bond acceptors (Lipinski definition) is 12. The number of benzene rings is 4. The molecule has 12 nitrogen and oxygen atoms in total. The number of phenols is 4. The summed E-state index contributed by atoms with van der Waals surface area (Å²) in [4.78, 5) is 17.7. The molecule has 4 N–H and O–H groups in total. The Kier molecular flexibility index (Phi) is 15.9. The van der Waals surface area contributed by atoms with E-state index in [0.717, 1.165) is 0 Å². The molecule has 4 rings (SSSR count). The van der Waals surface area contributed by atoms with Crippen LogP contribution in [0.2, 0.25) is 0 Å². The van der Waals surface area contributed by atoms with Gasteiger partial charge in [0.05, 0.1) is 28.4 Å². The highest BCUT2D eigenvalue weighted by Gasteiger charge is 2.18. The molecule has 0 spiro atoms. The van der Waals surface area contributed by atoms with Gasteiger partial charge < -0.3 is 39.4 Å². The zero-order valence-corrected chi connectivity index (χ0v) is 32.3. The van der Waals surface area contributed by atoms with E-state index in [1.807, 2.05) is 0 Å². The van der Waals surface area contributed by atoms with Gasteiger partial charge in [0, 0.05) is 84.1 Å². The Bertz CT molecular complexity index is 1660. The Morgan fingerprint density at radius 1 is 0.407 bits per heavy atom. The van der Waals surface area contributed by atoms with Gasteiger partial charge in [0.2, 0.25) is 0 Å². The van der Waals surface area contributed by atoms with Gasteiger partial charge in [-0.1, -0.05) is 52.0 Å². The zero-order chi connectivity index (χ0) is 39.7.